The maximum absolute atomic E-state index is 12.8. The number of aliphatic carboxylic acids is 1. The molecule has 1 aromatic heterocycles. The van der Waals surface area contributed by atoms with Gasteiger partial charge in [0.15, 0.2) is 0 Å². The third-order valence-electron chi connectivity index (χ3n) is 4.31. The van der Waals surface area contributed by atoms with Crippen molar-refractivity contribution in [1.29, 1.82) is 0 Å². The molecule has 0 spiro atoms. The van der Waals surface area contributed by atoms with Gasteiger partial charge in [-0.15, -0.1) is 0 Å². The maximum atomic E-state index is 12.8. The normalized spacial score (nSPS) is 16.5. The van der Waals surface area contributed by atoms with Gasteiger partial charge in [-0.1, -0.05) is 49.4 Å². The zero-order chi connectivity index (χ0) is 22.2. The average molecular weight is 467 g/mol. The molecule has 156 valence electrons. The van der Waals surface area contributed by atoms with Gasteiger partial charge in [0.2, 0.25) is 0 Å². The molecule has 1 N–H and O–H groups in total. The number of nitro benzene ring substituents is 1. The number of nitro groups is 1. The van der Waals surface area contributed by atoms with E-state index >= 15 is 0 Å². The standard InChI is InChI=1S/C19H15ClN2O6S2/c1-9(2)16(18(24)25)21-17(23)15(30-19(21)29)8-11-4-6-14(28-11)12-5-3-10(20)7-13(12)22(26)27/h3-9,16H,1-2H3,(H,24,25)/b15-8+. The lowest BCUT2D eigenvalue weighted by Gasteiger charge is -2.26. The molecule has 2 aromatic rings. The van der Waals surface area contributed by atoms with Crippen molar-refractivity contribution in [2.45, 2.75) is 19.9 Å². The first-order valence-corrected chi connectivity index (χ1v) is 10.2. The molecule has 8 nitrogen and oxygen atoms in total. The van der Waals surface area contributed by atoms with Crippen LogP contribution in [-0.2, 0) is 9.59 Å². The summed E-state index contributed by atoms with van der Waals surface area (Å²) in [7, 11) is 0. The van der Waals surface area contributed by atoms with Gasteiger partial charge < -0.3 is 9.52 Å². The SMILES string of the molecule is CC(C)C(C(=O)O)N1C(=O)/C(=C\c2ccc(-c3ccc(Cl)cc3[N+](=O)[O-])o2)SC1=S. The number of thiocarbonyl (C=S) groups is 1. The molecule has 0 bridgehead atoms. The van der Waals surface area contributed by atoms with Crippen molar-refractivity contribution in [2.75, 3.05) is 0 Å². The summed E-state index contributed by atoms with van der Waals surface area (Å²) >= 11 is 12.0. The number of halogens is 1. The quantitative estimate of drug-likeness (QED) is 0.279. The van der Waals surface area contributed by atoms with Crippen LogP contribution in [0.5, 0.6) is 0 Å². The van der Waals surface area contributed by atoms with Crippen LogP contribution in [0, 0.1) is 16.0 Å². The summed E-state index contributed by atoms with van der Waals surface area (Å²) in [5, 5.41) is 21.0. The molecule has 0 aliphatic carbocycles. The maximum Gasteiger partial charge on any atom is 0.327 e. The van der Waals surface area contributed by atoms with Gasteiger partial charge in [-0.05, 0) is 30.2 Å². The van der Waals surface area contributed by atoms with Crippen LogP contribution in [0.2, 0.25) is 5.02 Å². The summed E-state index contributed by atoms with van der Waals surface area (Å²) in [4.78, 5) is 36.4. The van der Waals surface area contributed by atoms with Crippen molar-refractivity contribution in [1.82, 2.24) is 4.90 Å². The number of hydrogen-bond donors (Lipinski definition) is 1. The molecule has 30 heavy (non-hydrogen) atoms. The van der Waals surface area contributed by atoms with Gasteiger partial charge >= 0.3 is 5.97 Å². The molecule has 2 heterocycles. The van der Waals surface area contributed by atoms with E-state index in [-0.39, 0.29) is 42.9 Å². The summed E-state index contributed by atoms with van der Waals surface area (Å²) in [6.45, 7) is 3.39. The van der Waals surface area contributed by atoms with Crippen molar-refractivity contribution in [3.8, 4) is 11.3 Å². The second-order valence-corrected chi connectivity index (χ2v) is 8.81. The van der Waals surface area contributed by atoms with Crippen LogP contribution in [0.25, 0.3) is 17.4 Å². The Bertz CT molecular complexity index is 1090. The highest BCUT2D eigenvalue weighted by atomic mass is 35.5. The minimum Gasteiger partial charge on any atom is -0.480 e. The average Bonchev–Trinajstić information content (AvgIpc) is 3.21. The van der Waals surface area contributed by atoms with Gasteiger partial charge in [-0.2, -0.15) is 0 Å². The van der Waals surface area contributed by atoms with E-state index in [0.29, 0.717) is 0 Å². The summed E-state index contributed by atoms with van der Waals surface area (Å²) in [6, 6.07) is 6.22. The van der Waals surface area contributed by atoms with E-state index in [9.17, 15) is 24.8 Å². The van der Waals surface area contributed by atoms with Gasteiger partial charge in [-0.3, -0.25) is 19.8 Å². The van der Waals surface area contributed by atoms with Crippen LogP contribution in [0.4, 0.5) is 5.69 Å². The van der Waals surface area contributed by atoms with Gasteiger partial charge in [0.25, 0.3) is 11.6 Å². The summed E-state index contributed by atoms with van der Waals surface area (Å²) in [5.74, 6) is -1.51. The Morgan fingerprint density at radius 3 is 2.67 bits per heavy atom. The van der Waals surface area contributed by atoms with E-state index in [1.54, 1.807) is 19.9 Å². The van der Waals surface area contributed by atoms with Crippen LogP contribution in [0.3, 0.4) is 0 Å². The van der Waals surface area contributed by atoms with E-state index in [1.807, 2.05) is 0 Å². The number of nitrogens with zero attached hydrogens (tertiary/aromatic N) is 2. The Morgan fingerprint density at radius 2 is 2.07 bits per heavy atom. The van der Waals surface area contributed by atoms with Gasteiger partial charge in [0, 0.05) is 17.2 Å². The molecule has 3 rings (SSSR count). The first kappa shape index (κ1) is 22.0. The first-order chi connectivity index (χ1) is 14.1. The van der Waals surface area contributed by atoms with Crippen LogP contribution in [0.15, 0.2) is 39.7 Å². The molecule has 1 amide bonds. The summed E-state index contributed by atoms with van der Waals surface area (Å²) < 4.78 is 5.81. The zero-order valence-electron chi connectivity index (χ0n) is 15.7. The number of carboxylic acid groups (broad SMARTS) is 1. The molecule has 1 unspecified atom stereocenters. The summed E-state index contributed by atoms with van der Waals surface area (Å²) in [5.41, 5.74) is 0.0262. The van der Waals surface area contributed by atoms with Gasteiger partial charge in [0.05, 0.1) is 15.4 Å². The van der Waals surface area contributed by atoms with Crippen molar-refractivity contribution < 1.29 is 24.0 Å². The number of thioether (sulfide) groups is 1. The highest BCUT2D eigenvalue weighted by molar-refractivity contribution is 8.26. The Kier molecular flexibility index (Phi) is 6.30. The van der Waals surface area contributed by atoms with E-state index in [1.165, 1.54) is 30.3 Å². The van der Waals surface area contributed by atoms with Crippen molar-refractivity contribution in [2.24, 2.45) is 5.92 Å². The second-order valence-electron chi connectivity index (χ2n) is 6.70. The Labute approximate surface area is 185 Å². The molecule has 1 aliphatic rings. The molecule has 1 aliphatic heterocycles. The minimum atomic E-state index is -1.14. The lowest BCUT2D eigenvalue weighted by Crippen LogP contribution is -2.47. The number of furan rings is 1. The fraction of sp³-hybridized carbons (Fsp3) is 0.211. The number of hydrogen-bond acceptors (Lipinski definition) is 7. The van der Waals surface area contributed by atoms with Gasteiger partial charge in [-0.25, -0.2) is 4.79 Å². The van der Waals surface area contributed by atoms with Crippen molar-refractivity contribution in [3.05, 3.63) is 56.1 Å². The Balaban J connectivity index is 1.93. The number of benzene rings is 1. The van der Waals surface area contributed by atoms with Crippen LogP contribution in [-0.4, -0.2) is 37.2 Å². The smallest absolute Gasteiger partial charge is 0.327 e. The first-order valence-electron chi connectivity index (χ1n) is 8.64. The van der Waals surface area contributed by atoms with Gasteiger partial charge in [0.1, 0.15) is 21.9 Å². The molecule has 1 saturated heterocycles. The largest absolute Gasteiger partial charge is 0.480 e. The molecule has 11 heteroatoms. The fourth-order valence-electron chi connectivity index (χ4n) is 2.98. The molecule has 1 atom stereocenters. The van der Waals surface area contributed by atoms with Crippen LogP contribution >= 0.6 is 35.6 Å². The van der Waals surface area contributed by atoms with E-state index in [4.69, 9.17) is 28.2 Å². The molecular weight excluding hydrogens is 452 g/mol. The monoisotopic (exact) mass is 466 g/mol. The highest BCUT2D eigenvalue weighted by Gasteiger charge is 2.42. The third-order valence-corrected chi connectivity index (χ3v) is 5.87. The highest BCUT2D eigenvalue weighted by Crippen LogP contribution is 2.37. The minimum absolute atomic E-state index is 0.146. The Hall–Kier alpha value is -2.69. The third kappa shape index (κ3) is 4.25. The van der Waals surface area contributed by atoms with Crippen LogP contribution in [0.1, 0.15) is 19.6 Å². The number of rotatable bonds is 6. The lowest BCUT2D eigenvalue weighted by atomic mass is 10.0. The molecule has 0 radical (unpaired) electrons. The topological polar surface area (TPSA) is 114 Å². The van der Waals surface area contributed by atoms with E-state index < -0.39 is 22.8 Å². The second kappa shape index (κ2) is 8.58. The predicted molar refractivity (Wildman–Crippen MR) is 117 cm³/mol. The summed E-state index contributed by atoms with van der Waals surface area (Å²) in [6.07, 6.45) is 1.43. The lowest BCUT2D eigenvalue weighted by molar-refractivity contribution is -0.384. The fourth-order valence-corrected chi connectivity index (χ4v) is 4.46. The number of amides is 1. The zero-order valence-corrected chi connectivity index (χ0v) is 18.1. The van der Waals surface area contributed by atoms with Crippen LogP contribution < -0.4 is 0 Å². The number of carbonyl (C=O) groups excluding carboxylic acids is 1. The molecule has 1 aromatic carbocycles. The number of carboxylic acids is 1. The van der Waals surface area contributed by atoms with E-state index in [0.717, 1.165) is 16.7 Å². The molecular formula is C19H15ClN2O6S2. The molecule has 1 fully saturated rings. The van der Waals surface area contributed by atoms with Crippen molar-refractivity contribution in [3.63, 3.8) is 0 Å². The molecule has 0 saturated carbocycles. The van der Waals surface area contributed by atoms with Crippen molar-refractivity contribution >= 4 is 63.5 Å². The number of carbonyl (C=O) groups is 2. The predicted octanol–water partition coefficient (Wildman–Crippen LogP) is 4.82. The Morgan fingerprint density at radius 1 is 1.37 bits per heavy atom. The van der Waals surface area contributed by atoms with E-state index in [2.05, 4.69) is 0 Å².